The van der Waals surface area contributed by atoms with Crippen LogP contribution in [-0.4, -0.2) is 52.6 Å². The number of hydrogen-bond donors (Lipinski definition) is 1. The van der Waals surface area contributed by atoms with Crippen molar-refractivity contribution in [3.8, 4) is 5.69 Å². The minimum atomic E-state index is -4.77. The van der Waals surface area contributed by atoms with E-state index < -0.39 is 29.0 Å². The number of aromatic nitrogens is 3. The molecule has 3 heterocycles. The molecule has 1 aliphatic heterocycles. The maximum Gasteiger partial charge on any atom is 0.435 e. The van der Waals surface area contributed by atoms with Crippen LogP contribution in [0, 0.1) is 5.41 Å². The van der Waals surface area contributed by atoms with Crippen molar-refractivity contribution >= 4 is 23.2 Å². The molecule has 11 heteroatoms. The second-order valence-electron chi connectivity index (χ2n) is 10.2. The van der Waals surface area contributed by atoms with Crippen LogP contribution in [0.15, 0.2) is 42.6 Å². The number of Topliss-reactive ketones (excluding diaryl/α,β-unsaturated/α-hetero) is 1. The third kappa shape index (κ3) is 4.65. The molecule has 0 spiro atoms. The summed E-state index contributed by atoms with van der Waals surface area (Å²) in [6.07, 6.45) is -2.78. The van der Waals surface area contributed by atoms with Crippen LogP contribution < -0.4 is 15.5 Å². The van der Waals surface area contributed by atoms with E-state index in [-0.39, 0.29) is 29.7 Å². The minimum absolute atomic E-state index is 0.0151. The summed E-state index contributed by atoms with van der Waals surface area (Å²) in [6.45, 7) is 6.07. The zero-order valence-corrected chi connectivity index (χ0v) is 20.5. The largest absolute Gasteiger partial charge is 0.435 e. The summed E-state index contributed by atoms with van der Waals surface area (Å²) in [5, 5.41) is 3.88. The van der Waals surface area contributed by atoms with Gasteiger partial charge >= 0.3 is 6.18 Å². The number of amides is 1. The van der Waals surface area contributed by atoms with E-state index in [9.17, 15) is 22.8 Å². The number of carbonyl (C=O) groups is 2. The highest BCUT2D eigenvalue weighted by molar-refractivity contribution is 6.01. The topological polar surface area (TPSA) is 97.3 Å². The summed E-state index contributed by atoms with van der Waals surface area (Å²) < 4.78 is 42.8. The number of benzene rings is 1. The minimum Gasteiger partial charge on any atom is -0.367 e. The van der Waals surface area contributed by atoms with E-state index in [0.29, 0.717) is 37.6 Å². The van der Waals surface area contributed by atoms with Gasteiger partial charge in [0.05, 0.1) is 28.2 Å². The monoisotopic (exact) mass is 512 g/mol. The van der Waals surface area contributed by atoms with Gasteiger partial charge in [-0.2, -0.15) is 18.3 Å². The van der Waals surface area contributed by atoms with Crippen molar-refractivity contribution in [3.63, 3.8) is 0 Å². The first-order valence-corrected chi connectivity index (χ1v) is 12.0. The molecule has 1 aliphatic carbocycles. The zero-order chi connectivity index (χ0) is 26.5. The number of nitrogens with zero attached hydrogens (tertiary/aromatic N) is 5. The average molecular weight is 513 g/mol. The number of carbonyl (C=O) groups excluding carboxylic acids is 2. The van der Waals surface area contributed by atoms with E-state index in [1.165, 1.54) is 16.8 Å². The van der Waals surface area contributed by atoms with Crippen molar-refractivity contribution in [1.29, 1.82) is 0 Å². The van der Waals surface area contributed by atoms with Crippen LogP contribution in [0.4, 0.5) is 24.7 Å². The van der Waals surface area contributed by atoms with Gasteiger partial charge in [0, 0.05) is 38.8 Å². The van der Waals surface area contributed by atoms with Crippen LogP contribution in [0.25, 0.3) is 5.69 Å². The van der Waals surface area contributed by atoms with Crippen molar-refractivity contribution in [2.24, 2.45) is 11.1 Å². The molecular formula is C26H27F3N6O2. The smallest absolute Gasteiger partial charge is 0.367 e. The Morgan fingerprint density at radius 1 is 1.03 bits per heavy atom. The highest BCUT2D eigenvalue weighted by Crippen LogP contribution is 2.42. The van der Waals surface area contributed by atoms with E-state index in [1.807, 2.05) is 36.9 Å². The van der Waals surface area contributed by atoms with Gasteiger partial charge in [-0.25, -0.2) is 9.67 Å². The van der Waals surface area contributed by atoms with E-state index in [2.05, 4.69) is 15.0 Å². The Balaban J connectivity index is 1.55. The molecule has 0 saturated carbocycles. The molecule has 2 aromatic heterocycles. The summed E-state index contributed by atoms with van der Waals surface area (Å²) in [7, 11) is 0. The maximum absolute atomic E-state index is 13.9. The summed E-state index contributed by atoms with van der Waals surface area (Å²) >= 11 is 0. The maximum atomic E-state index is 13.9. The van der Waals surface area contributed by atoms with Gasteiger partial charge in [0.25, 0.3) is 5.91 Å². The Morgan fingerprint density at radius 3 is 2.35 bits per heavy atom. The van der Waals surface area contributed by atoms with Crippen LogP contribution in [0.1, 0.15) is 52.4 Å². The fourth-order valence-corrected chi connectivity index (χ4v) is 5.20. The lowest BCUT2D eigenvalue weighted by molar-refractivity contribution is -0.141. The van der Waals surface area contributed by atoms with Crippen LogP contribution in [0.2, 0.25) is 0 Å². The Bertz CT molecular complexity index is 1360. The van der Waals surface area contributed by atoms with Crippen molar-refractivity contribution in [2.75, 3.05) is 36.0 Å². The number of alkyl halides is 3. The number of ketones is 1. The quantitative estimate of drug-likeness (QED) is 0.570. The van der Waals surface area contributed by atoms with Gasteiger partial charge < -0.3 is 15.5 Å². The fourth-order valence-electron chi connectivity index (χ4n) is 5.20. The molecule has 37 heavy (non-hydrogen) atoms. The Labute approximate surface area is 211 Å². The highest BCUT2D eigenvalue weighted by atomic mass is 19.4. The lowest BCUT2D eigenvalue weighted by atomic mass is 9.75. The summed E-state index contributed by atoms with van der Waals surface area (Å²) in [5.74, 6) is -0.353. The van der Waals surface area contributed by atoms with E-state index in [4.69, 9.17) is 5.73 Å². The van der Waals surface area contributed by atoms with Crippen molar-refractivity contribution in [3.05, 3.63) is 65.1 Å². The molecule has 0 radical (unpaired) electrons. The Hall–Kier alpha value is -3.89. The van der Waals surface area contributed by atoms with Gasteiger partial charge in [-0.3, -0.25) is 9.59 Å². The Kier molecular flexibility index (Phi) is 5.96. The molecule has 1 fully saturated rings. The lowest BCUT2D eigenvalue weighted by Gasteiger charge is -2.37. The second-order valence-corrected chi connectivity index (χ2v) is 10.2. The predicted molar refractivity (Wildman–Crippen MR) is 132 cm³/mol. The van der Waals surface area contributed by atoms with Gasteiger partial charge in [0.2, 0.25) is 0 Å². The van der Waals surface area contributed by atoms with Crippen LogP contribution in [0.5, 0.6) is 0 Å². The normalized spacial score (nSPS) is 17.6. The molecule has 1 saturated heterocycles. The van der Waals surface area contributed by atoms with Crippen LogP contribution in [0.3, 0.4) is 0 Å². The number of halogens is 3. The molecule has 1 amide bonds. The first kappa shape index (κ1) is 24.8. The number of anilines is 2. The predicted octanol–water partition coefficient (Wildman–Crippen LogP) is 3.87. The summed E-state index contributed by atoms with van der Waals surface area (Å²) in [6, 6.07) is 10.3. The van der Waals surface area contributed by atoms with Gasteiger partial charge in [-0.1, -0.05) is 19.9 Å². The molecule has 194 valence electrons. The number of rotatable bonds is 4. The van der Waals surface area contributed by atoms with E-state index in [0.717, 1.165) is 5.82 Å². The molecule has 8 nitrogen and oxygen atoms in total. The van der Waals surface area contributed by atoms with E-state index in [1.54, 1.807) is 12.3 Å². The number of nitrogens with two attached hydrogens (primary N) is 1. The number of hydrogen-bond acceptors (Lipinski definition) is 6. The summed E-state index contributed by atoms with van der Waals surface area (Å²) in [5.41, 5.74) is 4.95. The molecular weight excluding hydrogens is 485 g/mol. The van der Waals surface area contributed by atoms with Gasteiger partial charge in [-0.15, -0.1) is 0 Å². The second kappa shape index (κ2) is 8.89. The van der Waals surface area contributed by atoms with Crippen LogP contribution >= 0.6 is 0 Å². The standard InChI is InChI=1S/C26H27F3N6O2/c1-25(2)14-19-22(20(36)15-25)23(26(27,28)29)32-35(19)16-6-7-17(24(30)37)18(13-16)33-9-11-34(12-10-33)21-5-3-4-8-31-21/h3-8,13H,9-12,14-15H2,1-2H3,(H2,30,37). The summed E-state index contributed by atoms with van der Waals surface area (Å²) in [4.78, 5) is 33.5. The van der Waals surface area contributed by atoms with Gasteiger partial charge in [-0.05, 0) is 42.2 Å². The number of pyridine rings is 1. The van der Waals surface area contributed by atoms with E-state index >= 15 is 0 Å². The van der Waals surface area contributed by atoms with Crippen molar-refractivity contribution in [2.45, 2.75) is 32.9 Å². The molecule has 3 aromatic rings. The highest BCUT2D eigenvalue weighted by Gasteiger charge is 2.45. The molecule has 5 rings (SSSR count). The molecule has 0 bridgehead atoms. The lowest BCUT2D eigenvalue weighted by Crippen LogP contribution is -2.47. The molecule has 2 N–H and O–H groups in total. The van der Waals surface area contributed by atoms with Crippen molar-refractivity contribution in [1.82, 2.24) is 14.8 Å². The molecule has 0 atom stereocenters. The molecule has 2 aliphatic rings. The number of piperazine rings is 1. The first-order valence-electron chi connectivity index (χ1n) is 12.0. The SMILES string of the molecule is CC1(C)CC(=O)c2c(C(F)(F)F)nn(-c3ccc(C(N)=O)c(N4CCN(c5ccccn5)CC4)c3)c2C1. The molecule has 1 aromatic carbocycles. The van der Waals surface area contributed by atoms with Crippen molar-refractivity contribution < 1.29 is 22.8 Å². The van der Waals surface area contributed by atoms with Crippen LogP contribution in [-0.2, 0) is 12.6 Å². The third-order valence-corrected chi connectivity index (χ3v) is 6.90. The number of primary amides is 1. The first-order chi connectivity index (χ1) is 17.4. The van der Waals surface area contributed by atoms with Gasteiger partial charge in [0.15, 0.2) is 11.5 Å². The fraction of sp³-hybridized carbons (Fsp3) is 0.385. The Morgan fingerprint density at radius 2 is 1.73 bits per heavy atom. The zero-order valence-electron chi connectivity index (χ0n) is 20.5. The van der Waals surface area contributed by atoms with Gasteiger partial charge in [0.1, 0.15) is 5.82 Å². The average Bonchev–Trinajstić information content (AvgIpc) is 3.23. The third-order valence-electron chi connectivity index (χ3n) is 6.90. The molecule has 0 unspecified atom stereocenters. The number of fused-ring (bicyclic) bond motifs is 1.